The number of hydrogen-bond donors (Lipinski definition) is 2. The quantitative estimate of drug-likeness (QED) is 0.662. The average Bonchev–Trinajstić information content (AvgIpc) is 2.33. The zero-order valence-electron chi connectivity index (χ0n) is 9.58. The fourth-order valence-electron chi connectivity index (χ4n) is 1.52. The van der Waals surface area contributed by atoms with Crippen molar-refractivity contribution >= 4 is 5.84 Å². The minimum Gasteiger partial charge on any atom is -0.453 e. The summed E-state index contributed by atoms with van der Waals surface area (Å²) in [6.07, 6.45) is 0. The zero-order chi connectivity index (χ0) is 14.0. The smallest absolute Gasteiger partial charge is 0.166 e. The maximum absolute atomic E-state index is 13.5. The summed E-state index contributed by atoms with van der Waals surface area (Å²) in [5, 5.41) is 7.27. The second-order valence-corrected chi connectivity index (χ2v) is 3.70. The van der Waals surface area contributed by atoms with E-state index in [9.17, 15) is 13.2 Å². The maximum Gasteiger partial charge on any atom is 0.166 e. The van der Waals surface area contributed by atoms with Gasteiger partial charge in [-0.05, 0) is 24.3 Å². The highest BCUT2D eigenvalue weighted by Gasteiger charge is 2.15. The van der Waals surface area contributed by atoms with Crippen molar-refractivity contribution in [2.75, 3.05) is 0 Å². The Bertz CT molecular complexity index is 644. The lowest BCUT2D eigenvalue weighted by Crippen LogP contribution is -2.14. The van der Waals surface area contributed by atoms with E-state index in [1.165, 1.54) is 12.1 Å². The normalized spacial score (nSPS) is 10.3. The van der Waals surface area contributed by atoms with E-state index in [2.05, 4.69) is 0 Å². The molecule has 0 aliphatic heterocycles. The van der Waals surface area contributed by atoms with Crippen molar-refractivity contribution in [2.24, 2.45) is 5.73 Å². The molecule has 0 saturated carbocycles. The van der Waals surface area contributed by atoms with Gasteiger partial charge in [-0.2, -0.15) is 0 Å². The first kappa shape index (κ1) is 12.9. The number of hydrogen-bond acceptors (Lipinski definition) is 2. The Labute approximate surface area is 106 Å². The van der Waals surface area contributed by atoms with Crippen molar-refractivity contribution in [1.82, 2.24) is 0 Å². The first-order valence-corrected chi connectivity index (χ1v) is 5.25. The topological polar surface area (TPSA) is 59.1 Å². The van der Waals surface area contributed by atoms with Crippen molar-refractivity contribution < 1.29 is 17.9 Å². The number of nitrogen functional groups attached to an aromatic ring is 1. The SMILES string of the molecule is N=C(N)c1c(F)cccc1Oc1cc(F)ccc1F. The molecular formula is C13H9F3N2O. The second kappa shape index (κ2) is 5.01. The lowest BCUT2D eigenvalue weighted by molar-refractivity contribution is 0.432. The molecule has 0 spiro atoms. The van der Waals surface area contributed by atoms with Crippen molar-refractivity contribution in [1.29, 1.82) is 5.41 Å². The van der Waals surface area contributed by atoms with Crippen LogP contribution in [0, 0.1) is 22.9 Å². The number of halogens is 3. The van der Waals surface area contributed by atoms with Crippen LogP contribution in [0.5, 0.6) is 11.5 Å². The summed E-state index contributed by atoms with van der Waals surface area (Å²) in [5.74, 6) is -3.41. The zero-order valence-corrected chi connectivity index (χ0v) is 9.58. The molecule has 0 aromatic heterocycles. The van der Waals surface area contributed by atoms with Gasteiger partial charge in [0.05, 0.1) is 5.56 Å². The van der Waals surface area contributed by atoms with Crippen LogP contribution < -0.4 is 10.5 Å². The van der Waals surface area contributed by atoms with Crippen LogP contribution in [0.4, 0.5) is 13.2 Å². The monoisotopic (exact) mass is 266 g/mol. The van der Waals surface area contributed by atoms with Crippen LogP contribution in [0.25, 0.3) is 0 Å². The number of nitrogens with one attached hydrogen (secondary N) is 1. The third-order valence-electron chi connectivity index (χ3n) is 2.36. The molecule has 0 radical (unpaired) electrons. The summed E-state index contributed by atoms with van der Waals surface area (Å²) in [5.41, 5.74) is 4.93. The van der Waals surface area contributed by atoms with Gasteiger partial charge in [0.15, 0.2) is 11.6 Å². The van der Waals surface area contributed by atoms with E-state index in [1.807, 2.05) is 0 Å². The predicted molar refractivity (Wildman–Crippen MR) is 63.8 cm³/mol. The fourth-order valence-corrected chi connectivity index (χ4v) is 1.52. The summed E-state index contributed by atoms with van der Waals surface area (Å²) in [4.78, 5) is 0. The molecule has 6 heteroatoms. The Kier molecular flexibility index (Phi) is 3.41. The van der Waals surface area contributed by atoms with Gasteiger partial charge in [0.2, 0.25) is 0 Å². The second-order valence-electron chi connectivity index (χ2n) is 3.70. The Hall–Kier alpha value is -2.50. The molecule has 0 atom stereocenters. The Morgan fingerprint density at radius 3 is 2.42 bits per heavy atom. The summed E-state index contributed by atoms with van der Waals surface area (Å²) in [7, 11) is 0. The van der Waals surface area contributed by atoms with E-state index < -0.39 is 29.0 Å². The summed E-state index contributed by atoms with van der Waals surface area (Å²) in [6, 6.07) is 6.35. The molecular weight excluding hydrogens is 257 g/mol. The number of nitrogens with two attached hydrogens (primary N) is 1. The first-order chi connectivity index (χ1) is 8.99. The third kappa shape index (κ3) is 2.67. The van der Waals surface area contributed by atoms with Crippen LogP contribution >= 0.6 is 0 Å². The van der Waals surface area contributed by atoms with Crippen LogP contribution in [0.2, 0.25) is 0 Å². The number of ether oxygens (including phenoxy) is 1. The molecule has 0 amide bonds. The Balaban J connectivity index is 2.46. The molecule has 98 valence electrons. The molecule has 0 aliphatic carbocycles. The minimum atomic E-state index is -0.805. The molecule has 19 heavy (non-hydrogen) atoms. The van der Waals surface area contributed by atoms with E-state index in [-0.39, 0.29) is 11.3 Å². The van der Waals surface area contributed by atoms with E-state index in [0.717, 1.165) is 24.3 Å². The molecule has 0 fully saturated rings. The van der Waals surface area contributed by atoms with Crippen LogP contribution in [0.1, 0.15) is 5.56 Å². The van der Waals surface area contributed by atoms with Gasteiger partial charge in [-0.15, -0.1) is 0 Å². The highest BCUT2D eigenvalue weighted by Crippen LogP contribution is 2.29. The molecule has 3 N–H and O–H groups in total. The lowest BCUT2D eigenvalue weighted by Gasteiger charge is -2.11. The molecule has 0 bridgehead atoms. The van der Waals surface area contributed by atoms with Crippen molar-refractivity contribution in [3.8, 4) is 11.5 Å². The molecule has 2 rings (SSSR count). The van der Waals surface area contributed by atoms with E-state index in [1.54, 1.807) is 0 Å². The number of benzene rings is 2. The van der Waals surface area contributed by atoms with Crippen molar-refractivity contribution in [3.05, 3.63) is 59.4 Å². The summed E-state index contributed by atoms with van der Waals surface area (Å²) < 4.78 is 45.0. The molecule has 0 aliphatic rings. The van der Waals surface area contributed by atoms with Gasteiger partial charge in [-0.25, -0.2) is 13.2 Å². The van der Waals surface area contributed by atoms with Gasteiger partial charge in [0.25, 0.3) is 0 Å². The minimum absolute atomic E-state index is 0.156. The van der Waals surface area contributed by atoms with Crippen LogP contribution in [0.15, 0.2) is 36.4 Å². The molecule has 0 heterocycles. The van der Waals surface area contributed by atoms with Gasteiger partial charge < -0.3 is 10.5 Å². The van der Waals surface area contributed by atoms with Gasteiger partial charge in [0, 0.05) is 6.07 Å². The number of amidine groups is 1. The van der Waals surface area contributed by atoms with Gasteiger partial charge in [-0.1, -0.05) is 6.07 Å². The van der Waals surface area contributed by atoms with Crippen LogP contribution in [-0.2, 0) is 0 Å². The maximum atomic E-state index is 13.5. The molecule has 3 nitrogen and oxygen atoms in total. The van der Waals surface area contributed by atoms with Crippen molar-refractivity contribution in [3.63, 3.8) is 0 Å². The van der Waals surface area contributed by atoms with E-state index in [4.69, 9.17) is 15.9 Å². The van der Waals surface area contributed by atoms with Crippen LogP contribution in [0.3, 0.4) is 0 Å². The van der Waals surface area contributed by atoms with Gasteiger partial charge in [-0.3, -0.25) is 5.41 Å². The van der Waals surface area contributed by atoms with Crippen LogP contribution in [-0.4, -0.2) is 5.84 Å². The Morgan fingerprint density at radius 1 is 1.00 bits per heavy atom. The standard InChI is InChI=1S/C13H9F3N2O/c14-7-4-5-8(15)11(6-7)19-10-3-1-2-9(16)12(10)13(17)18/h1-6H,(H3,17,18). The molecule has 2 aromatic rings. The van der Waals surface area contributed by atoms with Crippen molar-refractivity contribution in [2.45, 2.75) is 0 Å². The third-order valence-corrected chi connectivity index (χ3v) is 2.36. The fraction of sp³-hybridized carbons (Fsp3) is 0. The molecule has 0 unspecified atom stereocenters. The average molecular weight is 266 g/mol. The van der Waals surface area contributed by atoms with E-state index >= 15 is 0 Å². The largest absolute Gasteiger partial charge is 0.453 e. The van der Waals surface area contributed by atoms with Gasteiger partial charge >= 0.3 is 0 Å². The molecule has 0 saturated heterocycles. The highest BCUT2D eigenvalue weighted by molar-refractivity contribution is 5.98. The molecule has 2 aromatic carbocycles. The Morgan fingerprint density at radius 2 is 1.74 bits per heavy atom. The first-order valence-electron chi connectivity index (χ1n) is 5.25. The predicted octanol–water partition coefficient (Wildman–Crippen LogP) is 3.18. The lowest BCUT2D eigenvalue weighted by atomic mass is 10.1. The van der Waals surface area contributed by atoms with Gasteiger partial charge in [0.1, 0.15) is 23.2 Å². The number of rotatable bonds is 3. The van der Waals surface area contributed by atoms with E-state index in [0.29, 0.717) is 0 Å². The summed E-state index contributed by atoms with van der Waals surface area (Å²) >= 11 is 0. The highest BCUT2D eigenvalue weighted by atomic mass is 19.1. The summed E-state index contributed by atoms with van der Waals surface area (Å²) in [6.45, 7) is 0.